The van der Waals surface area contributed by atoms with Gasteiger partial charge < -0.3 is 4.90 Å². The zero-order chi connectivity index (χ0) is 9.94. The number of aromatic amines is 1. The molecule has 0 aliphatic rings. The highest BCUT2D eigenvalue weighted by Crippen LogP contribution is 1.87. The third-order valence-electron chi connectivity index (χ3n) is 1.70. The lowest BCUT2D eigenvalue weighted by atomic mass is 10.4. The second kappa shape index (κ2) is 9.12. The molecule has 0 saturated heterocycles. The summed E-state index contributed by atoms with van der Waals surface area (Å²) in [6.07, 6.45) is 2.61. The van der Waals surface area contributed by atoms with Crippen LogP contribution < -0.4 is 0 Å². The van der Waals surface area contributed by atoms with E-state index in [1.165, 1.54) is 32.4 Å². The molecule has 5 heteroatoms. The second-order valence-electron chi connectivity index (χ2n) is 2.59. The molecule has 0 aliphatic heterocycles. The molecular formula is C8H19N5. The first-order valence-corrected chi connectivity index (χ1v) is 4.73. The monoisotopic (exact) mass is 185 g/mol. The van der Waals surface area contributed by atoms with Gasteiger partial charge in [-0.05, 0) is 26.1 Å². The van der Waals surface area contributed by atoms with E-state index in [4.69, 9.17) is 0 Å². The molecule has 76 valence electrons. The quantitative estimate of drug-likeness (QED) is 0.758. The van der Waals surface area contributed by atoms with E-state index in [1.54, 1.807) is 0 Å². The topological polar surface area (TPSA) is 57.7 Å². The summed E-state index contributed by atoms with van der Waals surface area (Å²) in [7, 11) is 0. The van der Waals surface area contributed by atoms with Crippen LogP contribution in [0.1, 0.15) is 27.2 Å². The maximum absolute atomic E-state index is 3.38. The first-order chi connectivity index (χ1) is 6.35. The summed E-state index contributed by atoms with van der Waals surface area (Å²) in [5.41, 5.74) is 0. The van der Waals surface area contributed by atoms with E-state index < -0.39 is 0 Å². The molecule has 0 atom stereocenters. The second-order valence-corrected chi connectivity index (χ2v) is 2.59. The summed E-state index contributed by atoms with van der Waals surface area (Å²) < 4.78 is 0. The third kappa shape index (κ3) is 7.39. The van der Waals surface area contributed by atoms with Crippen molar-refractivity contribution in [3.8, 4) is 0 Å². The fourth-order valence-corrected chi connectivity index (χ4v) is 0.985. The zero-order valence-electron chi connectivity index (χ0n) is 8.69. The number of nitrogens with zero attached hydrogens (tertiary/aromatic N) is 4. The summed E-state index contributed by atoms with van der Waals surface area (Å²) in [4.78, 5) is 2.43. The van der Waals surface area contributed by atoms with Crippen LogP contribution in [0.2, 0.25) is 0 Å². The van der Waals surface area contributed by atoms with Crippen LogP contribution in [0.5, 0.6) is 0 Å². The molecule has 1 aromatic rings. The van der Waals surface area contributed by atoms with Crippen molar-refractivity contribution < 1.29 is 0 Å². The van der Waals surface area contributed by atoms with Crippen LogP contribution in [0, 0.1) is 0 Å². The number of hydrogen-bond acceptors (Lipinski definition) is 4. The van der Waals surface area contributed by atoms with Gasteiger partial charge in [-0.1, -0.05) is 26.0 Å². The van der Waals surface area contributed by atoms with Gasteiger partial charge in [0, 0.05) is 0 Å². The summed E-state index contributed by atoms with van der Waals surface area (Å²) in [6.45, 7) is 10.3. The Balaban J connectivity index is 0.000000243. The van der Waals surface area contributed by atoms with Gasteiger partial charge in [0.25, 0.3) is 0 Å². The summed E-state index contributed by atoms with van der Waals surface area (Å²) in [5.74, 6) is 0. The van der Waals surface area contributed by atoms with Crippen LogP contribution in [-0.2, 0) is 0 Å². The van der Waals surface area contributed by atoms with Crippen LogP contribution >= 0.6 is 0 Å². The lowest BCUT2D eigenvalue weighted by molar-refractivity contribution is 0.304. The highest BCUT2D eigenvalue weighted by molar-refractivity contribution is 4.47. The van der Waals surface area contributed by atoms with Gasteiger partial charge in [-0.2, -0.15) is 5.21 Å². The van der Waals surface area contributed by atoms with Gasteiger partial charge in [-0.25, -0.2) is 0 Å². The Labute approximate surface area is 79.5 Å². The molecule has 1 aromatic heterocycles. The van der Waals surface area contributed by atoms with Crippen molar-refractivity contribution >= 4 is 0 Å². The average Bonchev–Trinajstić information content (AvgIpc) is 2.72. The Hall–Kier alpha value is -0.970. The average molecular weight is 185 g/mol. The number of hydrogen-bond donors (Lipinski definition) is 1. The molecule has 0 radical (unpaired) electrons. The summed E-state index contributed by atoms with van der Waals surface area (Å²) >= 11 is 0. The number of nitrogens with one attached hydrogen (secondary N) is 1. The van der Waals surface area contributed by atoms with E-state index in [-0.39, 0.29) is 0 Å². The first-order valence-electron chi connectivity index (χ1n) is 4.73. The van der Waals surface area contributed by atoms with E-state index >= 15 is 0 Å². The maximum Gasteiger partial charge on any atom is 0.161 e. The minimum atomic E-state index is 1.20. The number of rotatable bonds is 4. The Kier molecular flexibility index (Phi) is 8.44. The smallest absolute Gasteiger partial charge is 0.161 e. The molecular weight excluding hydrogens is 166 g/mol. The fraction of sp³-hybridized carbons (Fsp3) is 0.875. The SMILES string of the molecule is CCCN(CC)CC.c1nn[nH]n1. The predicted molar refractivity (Wildman–Crippen MR) is 52.3 cm³/mol. The van der Waals surface area contributed by atoms with Crippen molar-refractivity contribution in [1.82, 2.24) is 25.5 Å². The highest BCUT2D eigenvalue weighted by Gasteiger charge is 1.92. The van der Waals surface area contributed by atoms with Gasteiger partial charge in [0.05, 0.1) is 0 Å². The van der Waals surface area contributed by atoms with E-state index in [1.807, 2.05) is 0 Å². The molecule has 1 N–H and O–H groups in total. The third-order valence-corrected chi connectivity index (χ3v) is 1.70. The minimum Gasteiger partial charge on any atom is -0.304 e. The Morgan fingerprint density at radius 1 is 1.23 bits per heavy atom. The van der Waals surface area contributed by atoms with E-state index in [2.05, 4.69) is 46.3 Å². The molecule has 0 amide bonds. The van der Waals surface area contributed by atoms with Crippen LogP contribution in [0.25, 0.3) is 0 Å². The van der Waals surface area contributed by atoms with E-state index in [0.29, 0.717) is 0 Å². The van der Waals surface area contributed by atoms with Crippen LogP contribution in [0.3, 0.4) is 0 Å². The molecule has 0 aliphatic carbocycles. The lowest BCUT2D eigenvalue weighted by Crippen LogP contribution is -2.23. The van der Waals surface area contributed by atoms with Gasteiger partial charge in [0.15, 0.2) is 6.33 Å². The molecule has 0 unspecified atom stereocenters. The van der Waals surface area contributed by atoms with Crippen LogP contribution in [0.15, 0.2) is 6.33 Å². The molecule has 0 spiro atoms. The first kappa shape index (κ1) is 12.0. The normalized spacial score (nSPS) is 9.54. The molecule has 13 heavy (non-hydrogen) atoms. The number of H-pyrrole nitrogens is 1. The summed E-state index contributed by atoms with van der Waals surface area (Å²) in [5, 5.41) is 12.2. The molecule has 0 aromatic carbocycles. The number of tetrazole rings is 1. The van der Waals surface area contributed by atoms with Crippen molar-refractivity contribution in [3.63, 3.8) is 0 Å². The van der Waals surface area contributed by atoms with Gasteiger partial charge >= 0.3 is 0 Å². The molecule has 1 rings (SSSR count). The Bertz CT molecular complexity index is 142. The predicted octanol–water partition coefficient (Wildman–Crippen LogP) is 0.938. The van der Waals surface area contributed by atoms with E-state index in [0.717, 1.165) is 0 Å². The van der Waals surface area contributed by atoms with E-state index in [9.17, 15) is 0 Å². The molecule has 0 bridgehead atoms. The number of aromatic nitrogens is 4. The van der Waals surface area contributed by atoms with Gasteiger partial charge in [0.1, 0.15) is 0 Å². The Morgan fingerprint density at radius 2 is 1.92 bits per heavy atom. The lowest BCUT2D eigenvalue weighted by Gasteiger charge is -2.15. The van der Waals surface area contributed by atoms with Crippen molar-refractivity contribution in [2.24, 2.45) is 0 Å². The van der Waals surface area contributed by atoms with Crippen molar-refractivity contribution in [2.45, 2.75) is 27.2 Å². The zero-order valence-corrected chi connectivity index (χ0v) is 8.69. The highest BCUT2D eigenvalue weighted by atomic mass is 15.5. The van der Waals surface area contributed by atoms with Gasteiger partial charge in [-0.15, -0.1) is 10.2 Å². The van der Waals surface area contributed by atoms with Crippen molar-refractivity contribution in [1.29, 1.82) is 0 Å². The van der Waals surface area contributed by atoms with Crippen molar-refractivity contribution in [3.05, 3.63) is 6.33 Å². The Morgan fingerprint density at radius 3 is 2.08 bits per heavy atom. The summed E-state index contributed by atoms with van der Waals surface area (Å²) in [6, 6.07) is 0. The van der Waals surface area contributed by atoms with Gasteiger partial charge in [-0.3, -0.25) is 0 Å². The maximum atomic E-state index is 3.38. The minimum absolute atomic E-state index is 1.20. The molecule has 5 nitrogen and oxygen atoms in total. The fourth-order valence-electron chi connectivity index (χ4n) is 0.985. The van der Waals surface area contributed by atoms with Crippen LogP contribution in [-0.4, -0.2) is 45.2 Å². The largest absolute Gasteiger partial charge is 0.304 e. The molecule has 0 fully saturated rings. The van der Waals surface area contributed by atoms with Gasteiger partial charge in [0.2, 0.25) is 0 Å². The standard InChI is InChI=1S/C7H17N.CH2N4/c1-4-7-8(5-2)6-3;1-2-4-5-3-1/h4-7H2,1-3H3;1H,(H,2,3,4,5). The van der Waals surface area contributed by atoms with Crippen LogP contribution in [0.4, 0.5) is 0 Å². The molecule has 0 saturated carbocycles. The molecule has 1 heterocycles. The van der Waals surface area contributed by atoms with Crippen molar-refractivity contribution in [2.75, 3.05) is 19.6 Å².